The molecule has 0 spiro atoms. The summed E-state index contributed by atoms with van der Waals surface area (Å²) in [4.78, 5) is 22.8. The third-order valence-electron chi connectivity index (χ3n) is 2.02. The number of aromatic carboxylic acids is 2. The average Bonchev–Trinajstić information content (AvgIpc) is 2.81. The standard InChI is InChI=1S/C9H7N5O4/c15-8(16)5-1-6(9(17)18)3-7(2-5)11-14-4-10-12-13-14/h1-4,11H,(H,15,16)(H,17,18). The average molecular weight is 249 g/mol. The molecule has 18 heavy (non-hydrogen) atoms. The minimum Gasteiger partial charge on any atom is -0.478 e. The van der Waals surface area contributed by atoms with E-state index in [0.29, 0.717) is 0 Å². The normalized spacial score (nSPS) is 10.0. The topological polar surface area (TPSA) is 130 Å². The second-order valence-corrected chi connectivity index (χ2v) is 3.28. The molecule has 1 aromatic carbocycles. The highest BCUT2D eigenvalue weighted by Crippen LogP contribution is 2.15. The molecule has 0 saturated heterocycles. The van der Waals surface area contributed by atoms with E-state index >= 15 is 0 Å². The highest BCUT2D eigenvalue weighted by molar-refractivity contribution is 5.95. The van der Waals surface area contributed by atoms with Gasteiger partial charge in [0.05, 0.1) is 16.8 Å². The predicted molar refractivity (Wildman–Crippen MR) is 57.2 cm³/mol. The number of carboxylic acids is 2. The van der Waals surface area contributed by atoms with Crippen molar-refractivity contribution in [3.63, 3.8) is 0 Å². The monoisotopic (exact) mass is 249 g/mol. The molecule has 1 aromatic heterocycles. The summed E-state index contributed by atoms with van der Waals surface area (Å²) in [5.74, 6) is -2.45. The van der Waals surface area contributed by atoms with Crippen LogP contribution in [-0.2, 0) is 0 Å². The van der Waals surface area contributed by atoms with Gasteiger partial charge in [-0.2, -0.15) is 0 Å². The summed E-state index contributed by atoms with van der Waals surface area (Å²) in [7, 11) is 0. The van der Waals surface area contributed by atoms with Crippen LogP contribution >= 0.6 is 0 Å². The maximum Gasteiger partial charge on any atom is 0.335 e. The molecule has 2 rings (SSSR count). The number of rotatable bonds is 4. The first kappa shape index (κ1) is 11.5. The fourth-order valence-electron chi connectivity index (χ4n) is 1.28. The number of carboxylic acid groups (broad SMARTS) is 2. The molecule has 0 atom stereocenters. The van der Waals surface area contributed by atoms with Gasteiger partial charge in [0.1, 0.15) is 0 Å². The smallest absolute Gasteiger partial charge is 0.335 e. The molecule has 0 saturated carbocycles. The maximum absolute atomic E-state index is 10.9. The van der Waals surface area contributed by atoms with E-state index in [1.807, 2.05) is 0 Å². The molecule has 0 aliphatic heterocycles. The zero-order valence-electron chi connectivity index (χ0n) is 8.81. The van der Waals surface area contributed by atoms with Crippen LogP contribution in [0.25, 0.3) is 0 Å². The van der Waals surface area contributed by atoms with Crippen molar-refractivity contribution in [1.82, 2.24) is 20.3 Å². The summed E-state index contributed by atoms with van der Waals surface area (Å²) >= 11 is 0. The molecule has 0 radical (unpaired) electrons. The number of benzene rings is 1. The lowest BCUT2D eigenvalue weighted by Crippen LogP contribution is -2.12. The van der Waals surface area contributed by atoms with Crippen LogP contribution in [0.3, 0.4) is 0 Å². The van der Waals surface area contributed by atoms with Crippen LogP contribution in [-0.4, -0.2) is 42.5 Å². The van der Waals surface area contributed by atoms with Gasteiger partial charge in [0.15, 0.2) is 6.33 Å². The Hall–Kier alpha value is -2.97. The molecule has 0 aliphatic rings. The predicted octanol–water partition coefficient (Wildman–Crippen LogP) is -0.0553. The molecule has 1 heterocycles. The number of anilines is 1. The van der Waals surface area contributed by atoms with Crippen molar-refractivity contribution >= 4 is 17.6 Å². The van der Waals surface area contributed by atoms with Crippen LogP contribution in [0.1, 0.15) is 20.7 Å². The van der Waals surface area contributed by atoms with E-state index in [4.69, 9.17) is 10.2 Å². The lowest BCUT2D eigenvalue weighted by molar-refractivity contribution is 0.0696. The van der Waals surface area contributed by atoms with Gasteiger partial charge in [-0.05, 0) is 28.6 Å². The van der Waals surface area contributed by atoms with Crippen molar-refractivity contribution in [2.24, 2.45) is 0 Å². The lowest BCUT2D eigenvalue weighted by Gasteiger charge is -2.07. The molecule has 0 fully saturated rings. The summed E-state index contributed by atoms with van der Waals surface area (Å²) in [6.07, 6.45) is 1.24. The number of nitrogens with zero attached hydrogens (tertiary/aromatic N) is 4. The third-order valence-corrected chi connectivity index (χ3v) is 2.02. The van der Waals surface area contributed by atoms with Crippen LogP contribution in [0.2, 0.25) is 0 Å². The molecule has 2 aromatic rings. The number of aromatic nitrogens is 4. The van der Waals surface area contributed by atoms with Crippen molar-refractivity contribution < 1.29 is 19.8 Å². The van der Waals surface area contributed by atoms with E-state index in [1.54, 1.807) is 0 Å². The Labute approximate surface area is 99.6 Å². The first-order valence-corrected chi connectivity index (χ1v) is 4.68. The SMILES string of the molecule is O=C(O)c1cc(Nn2cnnn2)cc(C(=O)O)c1. The van der Waals surface area contributed by atoms with Crippen molar-refractivity contribution in [3.05, 3.63) is 35.7 Å². The molecule has 0 bridgehead atoms. The van der Waals surface area contributed by atoms with Crippen molar-refractivity contribution in [1.29, 1.82) is 0 Å². The summed E-state index contributed by atoms with van der Waals surface area (Å²) in [5, 5.41) is 28.0. The summed E-state index contributed by atoms with van der Waals surface area (Å²) in [5.41, 5.74) is 2.58. The Balaban J connectivity index is 2.40. The van der Waals surface area contributed by atoms with Gasteiger partial charge >= 0.3 is 11.9 Å². The zero-order chi connectivity index (χ0) is 13.1. The maximum atomic E-state index is 10.9. The summed E-state index contributed by atoms with van der Waals surface area (Å²) in [6, 6.07) is 3.61. The molecule has 0 amide bonds. The van der Waals surface area contributed by atoms with E-state index in [0.717, 1.165) is 10.9 Å². The molecule has 3 N–H and O–H groups in total. The van der Waals surface area contributed by atoms with E-state index < -0.39 is 11.9 Å². The Morgan fingerprint density at radius 2 is 1.72 bits per heavy atom. The van der Waals surface area contributed by atoms with Crippen molar-refractivity contribution in [3.8, 4) is 0 Å². The van der Waals surface area contributed by atoms with Gasteiger partial charge in [-0.25, -0.2) is 9.59 Å². The number of hydrogen-bond acceptors (Lipinski definition) is 6. The number of carbonyl (C=O) groups is 2. The van der Waals surface area contributed by atoms with Gasteiger partial charge in [0.25, 0.3) is 0 Å². The fraction of sp³-hybridized carbons (Fsp3) is 0. The van der Waals surface area contributed by atoms with Crippen LogP contribution < -0.4 is 5.43 Å². The largest absolute Gasteiger partial charge is 0.478 e. The highest BCUT2D eigenvalue weighted by atomic mass is 16.4. The van der Waals surface area contributed by atoms with Gasteiger partial charge in [0, 0.05) is 0 Å². The Bertz CT molecular complexity index is 563. The molecular formula is C9H7N5O4. The third kappa shape index (κ3) is 2.40. The van der Waals surface area contributed by atoms with Gasteiger partial charge < -0.3 is 10.2 Å². The van der Waals surface area contributed by atoms with Crippen LogP contribution in [0, 0.1) is 0 Å². The Kier molecular flexibility index (Phi) is 2.87. The first-order valence-electron chi connectivity index (χ1n) is 4.68. The van der Waals surface area contributed by atoms with E-state index in [9.17, 15) is 9.59 Å². The van der Waals surface area contributed by atoms with Crippen LogP contribution in [0.15, 0.2) is 24.5 Å². The molecule has 9 heteroatoms. The van der Waals surface area contributed by atoms with Gasteiger partial charge in [-0.3, -0.25) is 5.43 Å². The quantitative estimate of drug-likeness (QED) is 0.687. The fourth-order valence-corrected chi connectivity index (χ4v) is 1.28. The summed E-state index contributed by atoms with van der Waals surface area (Å²) in [6.45, 7) is 0. The number of hydrogen-bond donors (Lipinski definition) is 3. The second kappa shape index (κ2) is 4.49. The lowest BCUT2D eigenvalue weighted by atomic mass is 10.1. The van der Waals surface area contributed by atoms with E-state index in [1.165, 1.54) is 18.5 Å². The molecule has 92 valence electrons. The summed E-state index contributed by atoms with van der Waals surface area (Å²) < 4.78 is 0. The Morgan fingerprint density at radius 1 is 1.11 bits per heavy atom. The highest BCUT2D eigenvalue weighted by Gasteiger charge is 2.11. The Morgan fingerprint density at radius 3 is 2.17 bits per heavy atom. The van der Waals surface area contributed by atoms with E-state index in [2.05, 4.69) is 21.0 Å². The van der Waals surface area contributed by atoms with Gasteiger partial charge in [-0.15, -0.1) is 9.89 Å². The first-order chi connectivity index (χ1) is 8.56. The van der Waals surface area contributed by atoms with E-state index in [-0.39, 0.29) is 16.8 Å². The molecular weight excluding hydrogens is 242 g/mol. The minimum absolute atomic E-state index is 0.148. The molecule has 9 nitrogen and oxygen atoms in total. The molecule has 0 aliphatic carbocycles. The van der Waals surface area contributed by atoms with Gasteiger partial charge in [-0.1, -0.05) is 0 Å². The van der Waals surface area contributed by atoms with Crippen LogP contribution in [0.5, 0.6) is 0 Å². The van der Waals surface area contributed by atoms with Gasteiger partial charge in [0.2, 0.25) is 0 Å². The number of nitrogens with one attached hydrogen (secondary N) is 1. The van der Waals surface area contributed by atoms with Crippen molar-refractivity contribution in [2.75, 3.05) is 5.43 Å². The van der Waals surface area contributed by atoms with Crippen molar-refractivity contribution in [2.45, 2.75) is 0 Å². The van der Waals surface area contributed by atoms with Crippen LogP contribution in [0.4, 0.5) is 5.69 Å². The number of tetrazole rings is 1. The zero-order valence-corrected chi connectivity index (χ0v) is 8.81. The molecule has 0 unspecified atom stereocenters. The minimum atomic E-state index is -1.22. The second-order valence-electron chi connectivity index (χ2n) is 3.28.